The molecule has 3 aromatic rings. The minimum absolute atomic E-state index is 0.244. The summed E-state index contributed by atoms with van der Waals surface area (Å²) in [4.78, 5) is 4.09. The summed E-state index contributed by atoms with van der Waals surface area (Å²) in [5, 5.41) is 4.75. The molecule has 2 heterocycles. The van der Waals surface area contributed by atoms with Crippen molar-refractivity contribution in [2.45, 2.75) is 12.5 Å². The first-order valence-corrected chi connectivity index (χ1v) is 6.74. The first-order valence-electron chi connectivity index (χ1n) is 6.36. The molecule has 2 aromatic heterocycles. The molecular weight excluding hydrogens is 293 g/mol. The van der Waals surface area contributed by atoms with Crippen LogP contribution in [-0.4, -0.2) is 14.6 Å². The maximum atomic E-state index is 13.4. The van der Waals surface area contributed by atoms with Crippen LogP contribution in [0.4, 0.5) is 4.39 Å². The number of aromatic nitrogens is 3. The highest BCUT2D eigenvalue weighted by molar-refractivity contribution is 6.31. The largest absolute Gasteiger partial charge is 0.271 e. The van der Waals surface area contributed by atoms with Crippen molar-refractivity contribution in [3.63, 3.8) is 0 Å². The van der Waals surface area contributed by atoms with Crippen LogP contribution in [0.3, 0.4) is 0 Å². The van der Waals surface area contributed by atoms with Gasteiger partial charge in [0, 0.05) is 23.0 Å². The Hall–Kier alpha value is -2.02. The standard InChI is InChI=1S/C14H13ClFN5/c15-12-2-1-10(16)5-9(12)6-13(20-17)11-7-19-21-4-3-18-8-14(11)21/h1-5,7-8,13,20H,6,17H2. The number of hydrazine groups is 1. The van der Waals surface area contributed by atoms with Gasteiger partial charge in [0.05, 0.1) is 24.0 Å². The highest BCUT2D eigenvalue weighted by atomic mass is 35.5. The zero-order valence-electron chi connectivity index (χ0n) is 11.0. The number of halogens is 2. The average Bonchev–Trinajstić information content (AvgIpc) is 2.92. The average molecular weight is 306 g/mol. The molecule has 0 saturated heterocycles. The van der Waals surface area contributed by atoms with Gasteiger partial charge in [-0.15, -0.1) is 0 Å². The predicted octanol–water partition coefficient (Wildman–Crippen LogP) is 2.27. The summed E-state index contributed by atoms with van der Waals surface area (Å²) < 4.78 is 15.1. The van der Waals surface area contributed by atoms with Crippen molar-refractivity contribution in [3.8, 4) is 0 Å². The summed E-state index contributed by atoms with van der Waals surface area (Å²) in [5.41, 5.74) is 5.13. The Kier molecular flexibility index (Phi) is 3.83. The summed E-state index contributed by atoms with van der Waals surface area (Å²) in [6.45, 7) is 0. The molecule has 0 aliphatic heterocycles. The SMILES string of the molecule is NNC(Cc1cc(F)ccc1Cl)c1cnn2ccncc12. The van der Waals surface area contributed by atoms with Crippen LogP contribution in [0.15, 0.2) is 43.0 Å². The van der Waals surface area contributed by atoms with Crippen LogP contribution in [0.25, 0.3) is 5.52 Å². The molecule has 1 unspecified atom stereocenters. The second-order valence-corrected chi connectivity index (χ2v) is 5.07. The van der Waals surface area contributed by atoms with Gasteiger partial charge in [0.15, 0.2) is 0 Å². The fourth-order valence-electron chi connectivity index (χ4n) is 2.30. The van der Waals surface area contributed by atoms with Crippen LogP contribution in [-0.2, 0) is 6.42 Å². The van der Waals surface area contributed by atoms with Crippen LogP contribution >= 0.6 is 11.6 Å². The zero-order valence-corrected chi connectivity index (χ0v) is 11.8. The van der Waals surface area contributed by atoms with Crippen molar-refractivity contribution in [1.29, 1.82) is 0 Å². The first kappa shape index (κ1) is 13.9. The second kappa shape index (κ2) is 5.77. The normalized spacial score (nSPS) is 12.7. The molecule has 1 atom stereocenters. The predicted molar refractivity (Wildman–Crippen MR) is 78.2 cm³/mol. The number of hydrogen-bond donors (Lipinski definition) is 2. The van der Waals surface area contributed by atoms with Crippen LogP contribution in [0.5, 0.6) is 0 Å². The third-order valence-corrected chi connectivity index (χ3v) is 3.73. The van der Waals surface area contributed by atoms with E-state index in [1.165, 1.54) is 18.2 Å². The van der Waals surface area contributed by atoms with E-state index in [2.05, 4.69) is 15.5 Å². The molecule has 3 rings (SSSR count). The third kappa shape index (κ3) is 2.73. The molecule has 0 fully saturated rings. The van der Waals surface area contributed by atoms with E-state index in [0.29, 0.717) is 17.0 Å². The molecule has 0 aliphatic carbocycles. The van der Waals surface area contributed by atoms with Gasteiger partial charge in [-0.05, 0) is 30.2 Å². The van der Waals surface area contributed by atoms with E-state index in [0.717, 1.165) is 11.1 Å². The van der Waals surface area contributed by atoms with E-state index in [-0.39, 0.29) is 11.9 Å². The summed E-state index contributed by atoms with van der Waals surface area (Å²) in [6, 6.07) is 4.04. The third-order valence-electron chi connectivity index (χ3n) is 3.36. The number of benzene rings is 1. The topological polar surface area (TPSA) is 68.2 Å². The molecule has 7 heteroatoms. The number of nitrogens with two attached hydrogens (primary N) is 1. The van der Waals surface area contributed by atoms with Gasteiger partial charge in [-0.1, -0.05) is 11.6 Å². The number of fused-ring (bicyclic) bond motifs is 1. The molecule has 108 valence electrons. The minimum atomic E-state index is -0.327. The van der Waals surface area contributed by atoms with E-state index in [1.54, 1.807) is 29.3 Å². The Bertz CT molecular complexity index is 773. The van der Waals surface area contributed by atoms with E-state index in [4.69, 9.17) is 17.4 Å². The van der Waals surface area contributed by atoms with Gasteiger partial charge in [-0.3, -0.25) is 16.3 Å². The smallest absolute Gasteiger partial charge is 0.123 e. The van der Waals surface area contributed by atoms with Crippen LogP contribution in [0, 0.1) is 5.82 Å². The van der Waals surface area contributed by atoms with Gasteiger partial charge in [0.1, 0.15) is 5.82 Å². The number of rotatable bonds is 4. The molecule has 0 amide bonds. The van der Waals surface area contributed by atoms with Crippen molar-refractivity contribution in [1.82, 2.24) is 20.0 Å². The van der Waals surface area contributed by atoms with Gasteiger partial charge in [-0.25, -0.2) is 8.91 Å². The van der Waals surface area contributed by atoms with Gasteiger partial charge in [0.25, 0.3) is 0 Å². The molecule has 0 radical (unpaired) electrons. The molecule has 1 aromatic carbocycles. The second-order valence-electron chi connectivity index (χ2n) is 4.67. The highest BCUT2D eigenvalue weighted by Crippen LogP contribution is 2.26. The Morgan fingerprint density at radius 3 is 3.05 bits per heavy atom. The maximum Gasteiger partial charge on any atom is 0.123 e. The highest BCUT2D eigenvalue weighted by Gasteiger charge is 2.17. The molecule has 0 spiro atoms. The lowest BCUT2D eigenvalue weighted by Gasteiger charge is -2.16. The van der Waals surface area contributed by atoms with E-state index >= 15 is 0 Å². The molecule has 21 heavy (non-hydrogen) atoms. The fraction of sp³-hybridized carbons (Fsp3) is 0.143. The molecular formula is C14H13ClFN5. The fourth-order valence-corrected chi connectivity index (χ4v) is 2.49. The van der Waals surface area contributed by atoms with Crippen molar-refractivity contribution < 1.29 is 4.39 Å². The monoisotopic (exact) mass is 305 g/mol. The lowest BCUT2D eigenvalue weighted by molar-refractivity contribution is 0.552. The summed E-state index contributed by atoms with van der Waals surface area (Å²) >= 11 is 6.11. The molecule has 0 aliphatic rings. The molecule has 0 bridgehead atoms. The van der Waals surface area contributed by atoms with Gasteiger partial charge in [-0.2, -0.15) is 5.10 Å². The van der Waals surface area contributed by atoms with Gasteiger partial charge < -0.3 is 0 Å². The lowest BCUT2D eigenvalue weighted by atomic mass is 10.0. The molecule has 0 saturated carbocycles. The number of nitrogens with one attached hydrogen (secondary N) is 1. The summed E-state index contributed by atoms with van der Waals surface area (Å²) in [6.07, 6.45) is 7.28. The maximum absolute atomic E-state index is 13.4. The van der Waals surface area contributed by atoms with Crippen LogP contribution in [0.1, 0.15) is 17.2 Å². The number of nitrogens with zero attached hydrogens (tertiary/aromatic N) is 3. The van der Waals surface area contributed by atoms with E-state index in [1.807, 2.05) is 0 Å². The van der Waals surface area contributed by atoms with E-state index < -0.39 is 0 Å². The first-order chi connectivity index (χ1) is 10.2. The summed E-state index contributed by atoms with van der Waals surface area (Å²) in [5.74, 6) is 5.32. The van der Waals surface area contributed by atoms with Crippen molar-refractivity contribution in [3.05, 3.63) is 65.0 Å². The zero-order chi connectivity index (χ0) is 14.8. The Labute approximate surface area is 125 Å². The van der Waals surface area contributed by atoms with Crippen molar-refractivity contribution in [2.24, 2.45) is 5.84 Å². The number of hydrogen-bond acceptors (Lipinski definition) is 4. The van der Waals surface area contributed by atoms with E-state index in [9.17, 15) is 4.39 Å². The quantitative estimate of drug-likeness (QED) is 0.573. The lowest BCUT2D eigenvalue weighted by Crippen LogP contribution is -2.29. The van der Waals surface area contributed by atoms with Crippen LogP contribution < -0.4 is 11.3 Å². The summed E-state index contributed by atoms with van der Waals surface area (Å²) in [7, 11) is 0. The van der Waals surface area contributed by atoms with Crippen molar-refractivity contribution >= 4 is 17.1 Å². The Balaban J connectivity index is 1.97. The Morgan fingerprint density at radius 1 is 1.38 bits per heavy atom. The molecule has 5 nitrogen and oxygen atoms in total. The van der Waals surface area contributed by atoms with Gasteiger partial charge >= 0.3 is 0 Å². The van der Waals surface area contributed by atoms with Crippen LogP contribution in [0.2, 0.25) is 5.02 Å². The van der Waals surface area contributed by atoms with Gasteiger partial charge in [0.2, 0.25) is 0 Å². The molecule has 3 N–H and O–H groups in total. The van der Waals surface area contributed by atoms with Crippen molar-refractivity contribution in [2.75, 3.05) is 0 Å². The minimum Gasteiger partial charge on any atom is -0.271 e. The Morgan fingerprint density at radius 2 is 2.24 bits per heavy atom.